The van der Waals surface area contributed by atoms with E-state index in [-0.39, 0.29) is 6.61 Å². The Bertz CT molecular complexity index is 1290. The lowest BCUT2D eigenvalue weighted by Crippen LogP contribution is -2.35. The van der Waals surface area contributed by atoms with Crippen molar-refractivity contribution in [2.45, 2.75) is 33.0 Å². The maximum Gasteiger partial charge on any atom is 0.225 e. The number of aromatic nitrogens is 1. The second-order valence-corrected chi connectivity index (χ2v) is 9.67. The number of nitrogens with zero attached hydrogens (tertiary/aromatic N) is 2. The first kappa shape index (κ1) is 24.8. The molecule has 0 saturated carbocycles. The van der Waals surface area contributed by atoms with Crippen LogP contribution in [0.15, 0.2) is 91.0 Å². The highest BCUT2D eigenvalue weighted by Crippen LogP contribution is 2.35. The molecule has 0 radical (unpaired) electrons. The molecule has 0 bridgehead atoms. The van der Waals surface area contributed by atoms with Crippen LogP contribution in [0.3, 0.4) is 0 Å². The molecule has 0 atom stereocenters. The van der Waals surface area contributed by atoms with Crippen LogP contribution in [0.1, 0.15) is 29.5 Å². The number of piperidine rings is 1. The standard InChI is InChI=1S/C32H34N2O3/c1-24-20-28(12-14-30(24)34-18-16-25(21-35)17-19-34)29-13-15-31(36-22-26-8-4-2-5-9-26)33-32(29)37-23-27-10-6-3-7-11-27/h2-15,20,25,35H,16-19,21-23H2,1H3. The van der Waals surface area contributed by atoms with E-state index in [1.165, 1.54) is 11.3 Å². The van der Waals surface area contributed by atoms with E-state index in [1.54, 1.807) is 0 Å². The summed E-state index contributed by atoms with van der Waals surface area (Å²) in [7, 11) is 0. The van der Waals surface area contributed by atoms with Crippen LogP contribution in [0, 0.1) is 12.8 Å². The topological polar surface area (TPSA) is 54.8 Å². The van der Waals surface area contributed by atoms with Gasteiger partial charge in [0.05, 0.1) is 0 Å². The summed E-state index contributed by atoms with van der Waals surface area (Å²) in [5, 5.41) is 9.47. The van der Waals surface area contributed by atoms with E-state index in [4.69, 9.17) is 14.5 Å². The highest BCUT2D eigenvalue weighted by molar-refractivity contribution is 5.73. The number of aliphatic hydroxyl groups excluding tert-OH is 1. The lowest BCUT2D eigenvalue weighted by molar-refractivity contribution is 0.203. The van der Waals surface area contributed by atoms with Gasteiger partial charge in [0.15, 0.2) is 0 Å². The molecule has 0 amide bonds. The number of aliphatic hydroxyl groups is 1. The van der Waals surface area contributed by atoms with Gasteiger partial charge in [-0.3, -0.25) is 0 Å². The van der Waals surface area contributed by atoms with Crippen LogP contribution in [0.2, 0.25) is 0 Å². The van der Waals surface area contributed by atoms with E-state index in [0.29, 0.717) is 30.9 Å². The molecule has 1 aliphatic heterocycles. The highest BCUT2D eigenvalue weighted by Gasteiger charge is 2.20. The van der Waals surface area contributed by atoms with Crippen LogP contribution in [-0.4, -0.2) is 29.8 Å². The number of aryl methyl sites for hydroxylation is 1. The van der Waals surface area contributed by atoms with Gasteiger partial charge in [-0.05, 0) is 66.1 Å². The third-order valence-electron chi connectivity index (χ3n) is 7.00. The fourth-order valence-corrected chi connectivity index (χ4v) is 4.83. The Morgan fingerprint density at radius 1 is 0.811 bits per heavy atom. The molecule has 5 rings (SSSR count). The predicted octanol–water partition coefficient (Wildman–Crippen LogP) is 6.42. The van der Waals surface area contributed by atoms with E-state index in [1.807, 2.05) is 72.8 Å². The summed E-state index contributed by atoms with van der Waals surface area (Å²) in [6.45, 7) is 5.28. The van der Waals surface area contributed by atoms with Crippen molar-refractivity contribution in [3.8, 4) is 22.9 Å². The van der Waals surface area contributed by atoms with Crippen molar-refractivity contribution in [1.29, 1.82) is 0 Å². The zero-order valence-electron chi connectivity index (χ0n) is 21.3. The van der Waals surface area contributed by atoms with Gasteiger partial charge >= 0.3 is 0 Å². The van der Waals surface area contributed by atoms with E-state index < -0.39 is 0 Å². The first-order valence-electron chi connectivity index (χ1n) is 13.0. The lowest BCUT2D eigenvalue weighted by atomic mass is 9.96. The van der Waals surface area contributed by atoms with Crippen LogP contribution in [0.5, 0.6) is 11.8 Å². The van der Waals surface area contributed by atoms with Crippen LogP contribution in [-0.2, 0) is 13.2 Å². The van der Waals surface area contributed by atoms with Gasteiger partial charge in [-0.1, -0.05) is 66.7 Å². The van der Waals surface area contributed by atoms with Crippen molar-refractivity contribution < 1.29 is 14.6 Å². The molecule has 1 aromatic heterocycles. The van der Waals surface area contributed by atoms with Crippen LogP contribution in [0.4, 0.5) is 5.69 Å². The molecule has 37 heavy (non-hydrogen) atoms. The lowest BCUT2D eigenvalue weighted by Gasteiger charge is -2.34. The molecular formula is C32H34N2O3. The summed E-state index contributed by atoms with van der Waals surface area (Å²) in [4.78, 5) is 7.19. The van der Waals surface area contributed by atoms with Gasteiger partial charge in [0.25, 0.3) is 0 Å². The van der Waals surface area contributed by atoms with Crippen LogP contribution in [0.25, 0.3) is 11.1 Å². The minimum Gasteiger partial charge on any atom is -0.473 e. The molecule has 3 aromatic carbocycles. The van der Waals surface area contributed by atoms with Crippen LogP contribution < -0.4 is 14.4 Å². The maximum atomic E-state index is 9.47. The average molecular weight is 495 g/mol. The monoisotopic (exact) mass is 494 g/mol. The summed E-state index contributed by atoms with van der Waals surface area (Å²) in [5.74, 6) is 1.52. The second-order valence-electron chi connectivity index (χ2n) is 9.67. The van der Waals surface area contributed by atoms with Crippen molar-refractivity contribution in [2.24, 2.45) is 5.92 Å². The Kier molecular flexibility index (Phi) is 8.02. The van der Waals surface area contributed by atoms with E-state index in [0.717, 1.165) is 48.2 Å². The minimum atomic E-state index is 0.287. The third kappa shape index (κ3) is 6.30. The zero-order valence-corrected chi connectivity index (χ0v) is 21.3. The van der Waals surface area contributed by atoms with Gasteiger partial charge in [-0.15, -0.1) is 0 Å². The van der Waals surface area contributed by atoms with Crippen molar-refractivity contribution in [2.75, 3.05) is 24.6 Å². The van der Waals surface area contributed by atoms with E-state index in [9.17, 15) is 5.11 Å². The third-order valence-corrected chi connectivity index (χ3v) is 7.00. The summed E-state index contributed by atoms with van der Waals surface area (Å²) < 4.78 is 12.3. The highest BCUT2D eigenvalue weighted by atomic mass is 16.5. The van der Waals surface area contributed by atoms with Crippen molar-refractivity contribution >= 4 is 5.69 Å². The molecule has 0 spiro atoms. The fourth-order valence-electron chi connectivity index (χ4n) is 4.83. The molecule has 1 saturated heterocycles. The Morgan fingerprint density at radius 2 is 1.46 bits per heavy atom. The minimum absolute atomic E-state index is 0.287. The zero-order chi connectivity index (χ0) is 25.5. The molecule has 2 heterocycles. The van der Waals surface area contributed by atoms with Gasteiger partial charge in [-0.25, -0.2) is 0 Å². The predicted molar refractivity (Wildman–Crippen MR) is 148 cm³/mol. The number of rotatable bonds is 9. The normalized spacial score (nSPS) is 13.9. The Hall–Kier alpha value is -3.83. The van der Waals surface area contributed by atoms with Crippen molar-refractivity contribution in [1.82, 2.24) is 4.98 Å². The molecular weight excluding hydrogens is 460 g/mol. The van der Waals surface area contributed by atoms with Gasteiger partial charge in [-0.2, -0.15) is 4.98 Å². The largest absolute Gasteiger partial charge is 0.473 e. The van der Waals surface area contributed by atoms with Gasteiger partial charge in [0.1, 0.15) is 13.2 Å². The SMILES string of the molecule is Cc1cc(-c2ccc(OCc3ccccc3)nc2OCc2ccccc2)ccc1N1CCC(CO)CC1. The number of hydrogen-bond acceptors (Lipinski definition) is 5. The smallest absolute Gasteiger partial charge is 0.225 e. The molecule has 0 unspecified atom stereocenters. The fraction of sp³-hybridized carbons (Fsp3) is 0.281. The van der Waals surface area contributed by atoms with Crippen LogP contribution >= 0.6 is 0 Å². The number of benzene rings is 3. The first-order valence-corrected chi connectivity index (χ1v) is 13.0. The Morgan fingerprint density at radius 3 is 2.08 bits per heavy atom. The van der Waals surface area contributed by atoms with E-state index >= 15 is 0 Å². The first-order chi connectivity index (χ1) is 18.2. The number of anilines is 1. The summed E-state index contributed by atoms with van der Waals surface area (Å²) >= 11 is 0. The van der Waals surface area contributed by atoms with Crippen molar-refractivity contribution in [3.05, 3.63) is 108 Å². The average Bonchev–Trinajstić information content (AvgIpc) is 2.96. The van der Waals surface area contributed by atoms with Gasteiger partial charge in [0.2, 0.25) is 11.8 Å². The number of ether oxygens (including phenoxy) is 2. The Balaban J connectivity index is 1.38. The molecule has 190 valence electrons. The summed E-state index contributed by atoms with van der Waals surface area (Å²) in [6, 6.07) is 30.7. The summed E-state index contributed by atoms with van der Waals surface area (Å²) in [5.41, 5.74) is 6.66. The quantitative estimate of drug-likeness (QED) is 0.291. The van der Waals surface area contributed by atoms with E-state index in [2.05, 4.69) is 30.0 Å². The molecule has 5 nitrogen and oxygen atoms in total. The molecule has 1 fully saturated rings. The molecule has 0 aliphatic carbocycles. The molecule has 1 aliphatic rings. The second kappa shape index (κ2) is 11.9. The molecule has 1 N–H and O–H groups in total. The van der Waals surface area contributed by atoms with Gasteiger partial charge in [0, 0.05) is 37.0 Å². The molecule has 5 heteroatoms. The molecule has 4 aromatic rings. The van der Waals surface area contributed by atoms with Gasteiger partial charge < -0.3 is 19.5 Å². The van der Waals surface area contributed by atoms with Crippen molar-refractivity contribution in [3.63, 3.8) is 0 Å². The summed E-state index contributed by atoms with van der Waals surface area (Å²) in [6.07, 6.45) is 2.06. The maximum absolute atomic E-state index is 9.47. The number of pyridine rings is 1. The Labute approximate surface area is 219 Å². The number of hydrogen-bond donors (Lipinski definition) is 1.